The van der Waals surface area contributed by atoms with E-state index in [4.69, 9.17) is 5.26 Å². The summed E-state index contributed by atoms with van der Waals surface area (Å²) in [5.41, 5.74) is 1.84. The van der Waals surface area contributed by atoms with E-state index < -0.39 is 0 Å². The molecular formula is C13H8N6. The first-order valence-electron chi connectivity index (χ1n) is 5.58. The molecule has 2 aromatic heterocycles. The van der Waals surface area contributed by atoms with Crippen molar-refractivity contribution in [2.75, 3.05) is 0 Å². The molecule has 3 aromatic rings. The number of hydrogen-bond donors (Lipinski definition) is 0. The summed E-state index contributed by atoms with van der Waals surface area (Å²) in [5, 5.41) is 21.2. The summed E-state index contributed by atoms with van der Waals surface area (Å²) in [6.45, 7) is 0. The molecule has 0 bridgehead atoms. The molecule has 1 aromatic carbocycles. The van der Waals surface area contributed by atoms with E-state index in [2.05, 4.69) is 26.5 Å². The lowest BCUT2D eigenvalue weighted by Crippen LogP contribution is -2.02. The lowest BCUT2D eigenvalue weighted by Gasteiger charge is -1.98. The van der Waals surface area contributed by atoms with Gasteiger partial charge in [0.25, 0.3) is 0 Å². The number of aromatic nitrogens is 5. The molecule has 0 aliphatic rings. The van der Waals surface area contributed by atoms with Gasteiger partial charge < -0.3 is 0 Å². The van der Waals surface area contributed by atoms with Gasteiger partial charge in [-0.05, 0) is 11.3 Å². The Morgan fingerprint density at radius 1 is 1.11 bits per heavy atom. The zero-order valence-electron chi connectivity index (χ0n) is 9.80. The average Bonchev–Trinajstić information content (AvgIpc) is 2.98. The van der Waals surface area contributed by atoms with Gasteiger partial charge in [0.05, 0.1) is 11.8 Å². The van der Waals surface area contributed by atoms with Gasteiger partial charge in [0, 0.05) is 11.8 Å². The van der Waals surface area contributed by atoms with Crippen molar-refractivity contribution in [1.29, 1.82) is 5.26 Å². The van der Waals surface area contributed by atoms with Gasteiger partial charge in [-0.2, -0.15) is 5.26 Å². The molecule has 0 N–H and O–H groups in total. The summed E-state index contributed by atoms with van der Waals surface area (Å²) in [6, 6.07) is 13.2. The molecular weight excluding hydrogens is 240 g/mol. The van der Waals surface area contributed by atoms with Crippen molar-refractivity contribution in [2.24, 2.45) is 0 Å². The Morgan fingerprint density at radius 3 is 2.74 bits per heavy atom. The number of rotatable bonds is 2. The maximum absolute atomic E-state index is 9.04. The zero-order chi connectivity index (χ0) is 13.1. The summed E-state index contributed by atoms with van der Waals surface area (Å²) < 4.78 is 0. The highest BCUT2D eigenvalue weighted by molar-refractivity contribution is 5.54. The Morgan fingerprint density at radius 2 is 1.95 bits per heavy atom. The monoisotopic (exact) mass is 248 g/mol. The predicted molar refractivity (Wildman–Crippen MR) is 67.1 cm³/mol. The molecule has 0 aliphatic heterocycles. The fraction of sp³-hybridized carbons (Fsp3) is 0. The molecule has 90 valence electrons. The molecule has 19 heavy (non-hydrogen) atoms. The lowest BCUT2D eigenvalue weighted by molar-refractivity contribution is 0.715. The van der Waals surface area contributed by atoms with Crippen LogP contribution in [0, 0.1) is 11.3 Å². The summed E-state index contributed by atoms with van der Waals surface area (Å²) in [7, 11) is 0. The third kappa shape index (κ3) is 2.05. The second-order valence-corrected chi connectivity index (χ2v) is 3.77. The van der Waals surface area contributed by atoms with Crippen LogP contribution in [-0.2, 0) is 0 Å². The lowest BCUT2D eigenvalue weighted by atomic mass is 10.2. The van der Waals surface area contributed by atoms with Gasteiger partial charge in [-0.1, -0.05) is 30.3 Å². The van der Waals surface area contributed by atoms with E-state index in [0.29, 0.717) is 17.1 Å². The maximum atomic E-state index is 9.04. The first kappa shape index (κ1) is 11.0. The van der Waals surface area contributed by atoms with E-state index in [1.807, 2.05) is 30.3 Å². The molecule has 0 saturated heterocycles. The molecule has 0 fully saturated rings. The van der Waals surface area contributed by atoms with Crippen molar-refractivity contribution in [2.45, 2.75) is 0 Å². The van der Waals surface area contributed by atoms with Crippen LogP contribution in [0.5, 0.6) is 0 Å². The predicted octanol–water partition coefficient (Wildman–Crippen LogP) is 1.60. The molecule has 0 amide bonds. The zero-order valence-corrected chi connectivity index (χ0v) is 9.80. The fourth-order valence-corrected chi connectivity index (χ4v) is 1.66. The van der Waals surface area contributed by atoms with Crippen molar-refractivity contribution < 1.29 is 0 Å². The van der Waals surface area contributed by atoms with Crippen LogP contribution >= 0.6 is 0 Å². The van der Waals surface area contributed by atoms with Gasteiger partial charge in [0.1, 0.15) is 11.8 Å². The van der Waals surface area contributed by atoms with Crippen molar-refractivity contribution >= 4 is 0 Å². The average molecular weight is 248 g/mol. The van der Waals surface area contributed by atoms with Crippen LogP contribution in [0.4, 0.5) is 0 Å². The minimum absolute atomic E-state index is 0.451. The van der Waals surface area contributed by atoms with E-state index in [1.165, 1.54) is 11.0 Å². The summed E-state index contributed by atoms with van der Waals surface area (Å²) in [4.78, 5) is 5.29. The van der Waals surface area contributed by atoms with E-state index in [-0.39, 0.29) is 0 Å². The minimum atomic E-state index is 0.451. The van der Waals surface area contributed by atoms with Crippen molar-refractivity contribution in [3.05, 3.63) is 54.4 Å². The highest BCUT2D eigenvalue weighted by Crippen LogP contribution is 2.14. The minimum Gasteiger partial charge on any atom is -0.262 e. The molecule has 0 radical (unpaired) electrons. The second-order valence-electron chi connectivity index (χ2n) is 3.77. The van der Waals surface area contributed by atoms with Crippen molar-refractivity contribution in [3.63, 3.8) is 0 Å². The van der Waals surface area contributed by atoms with E-state index in [1.54, 1.807) is 12.3 Å². The van der Waals surface area contributed by atoms with Crippen LogP contribution in [0.1, 0.15) is 5.56 Å². The molecule has 0 aliphatic carbocycles. The Hall–Kier alpha value is -3.07. The Balaban J connectivity index is 2.05. The molecule has 6 heteroatoms. The van der Waals surface area contributed by atoms with Gasteiger partial charge in [-0.15, -0.1) is 15.0 Å². The standard InChI is InChI=1S/C13H8N6/c14-8-11-6-7-15-9-12(11)19-17-13(16-18-19)10-4-2-1-3-5-10/h1-7,9H. The fourth-order valence-electron chi connectivity index (χ4n) is 1.66. The normalized spacial score (nSPS) is 10.1. The summed E-state index contributed by atoms with van der Waals surface area (Å²) >= 11 is 0. The molecule has 2 heterocycles. The molecule has 0 spiro atoms. The van der Waals surface area contributed by atoms with Gasteiger partial charge in [0.2, 0.25) is 5.82 Å². The van der Waals surface area contributed by atoms with Crippen molar-refractivity contribution in [1.82, 2.24) is 25.2 Å². The maximum Gasteiger partial charge on any atom is 0.205 e. The van der Waals surface area contributed by atoms with E-state index in [0.717, 1.165) is 5.56 Å². The first-order valence-corrected chi connectivity index (χ1v) is 5.58. The molecule has 0 saturated carbocycles. The van der Waals surface area contributed by atoms with Crippen LogP contribution in [0.3, 0.4) is 0 Å². The molecule has 6 nitrogen and oxygen atoms in total. The number of benzene rings is 1. The van der Waals surface area contributed by atoms with Crippen LogP contribution in [0.15, 0.2) is 48.8 Å². The Labute approximate surface area is 109 Å². The third-order valence-corrected chi connectivity index (χ3v) is 2.58. The van der Waals surface area contributed by atoms with Crippen molar-refractivity contribution in [3.8, 4) is 23.1 Å². The van der Waals surface area contributed by atoms with Gasteiger partial charge >= 0.3 is 0 Å². The van der Waals surface area contributed by atoms with Crippen LogP contribution in [0.25, 0.3) is 17.1 Å². The number of nitriles is 1. The SMILES string of the molecule is N#Cc1ccncc1-n1nnc(-c2ccccc2)n1. The summed E-state index contributed by atoms with van der Waals surface area (Å²) in [6.07, 6.45) is 3.09. The van der Waals surface area contributed by atoms with Crippen LogP contribution in [0.2, 0.25) is 0 Å². The van der Waals surface area contributed by atoms with Gasteiger partial charge in [-0.3, -0.25) is 4.98 Å². The van der Waals surface area contributed by atoms with Crippen LogP contribution < -0.4 is 0 Å². The first-order chi connectivity index (χ1) is 9.38. The third-order valence-electron chi connectivity index (χ3n) is 2.58. The Kier molecular flexibility index (Phi) is 2.71. The Bertz CT molecular complexity index is 741. The van der Waals surface area contributed by atoms with Gasteiger partial charge in [-0.25, -0.2) is 0 Å². The topological polar surface area (TPSA) is 80.3 Å². The molecule has 0 atom stereocenters. The smallest absolute Gasteiger partial charge is 0.205 e. The number of pyridine rings is 1. The highest BCUT2D eigenvalue weighted by Gasteiger charge is 2.10. The number of nitrogens with zero attached hydrogens (tertiary/aromatic N) is 6. The van der Waals surface area contributed by atoms with Gasteiger partial charge in [0.15, 0.2) is 0 Å². The molecule has 0 unspecified atom stereocenters. The van der Waals surface area contributed by atoms with E-state index in [9.17, 15) is 0 Å². The number of tetrazole rings is 1. The van der Waals surface area contributed by atoms with Crippen LogP contribution in [-0.4, -0.2) is 25.2 Å². The molecule has 3 rings (SSSR count). The quantitative estimate of drug-likeness (QED) is 0.688. The van der Waals surface area contributed by atoms with E-state index >= 15 is 0 Å². The number of hydrogen-bond acceptors (Lipinski definition) is 5. The highest BCUT2D eigenvalue weighted by atomic mass is 15.6. The summed E-state index contributed by atoms with van der Waals surface area (Å²) in [5.74, 6) is 0.508. The second kappa shape index (κ2) is 4.66. The largest absolute Gasteiger partial charge is 0.262 e.